The zero-order valence-electron chi connectivity index (χ0n) is 7.38. The van der Waals surface area contributed by atoms with Crippen LogP contribution in [0.3, 0.4) is 0 Å². The molecule has 1 heterocycles. The highest BCUT2D eigenvalue weighted by molar-refractivity contribution is 5.77. The number of unbranched alkanes of at least 4 members (excludes halogenated alkanes) is 2. The molecule has 1 rings (SSSR count). The number of carbonyl (C=O) groups is 1. The predicted octanol–water partition coefficient (Wildman–Crippen LogP) is 1.83. The van der Waals surface area contributed by atoms with Gasteiger partial charge in [0.05, 0.1) is 6.61 Å². The van der Waals surface area contributed by atoms with Gasteiger partial charge in [-0.3, -0.25) is 4.79 Å². The molecule has 69 valence electrons. The second-order valence-corrected chi connectivity index (χ2v) is 3.35. The van der Waals surface area contributed by atoms with Gasteiger partial charge in [-0.15, -0.1) is 0 Å². The van der Waals surface area contributed by atoms with E-state index in [0.29, 0.717) is 6.61 Å². The van der Waals surface area contributed by atoms with Crippen LogP contribution in [0.4, 0.5) is 0 Å². The second-order valence-electron chi connectivity index (χ2n) is 3.35. The highest BCUT2D eigenvalue weighted by Crippen LogP contribution is 2.37. The third-order valence-electron chi connectivity index (χ3n) is 2.30. The van der Waals surface area contributed by atoms with E-state index in [1.54, 1.807) is 0 Å². The first-order chi connectivity index (χ1) is 5.71. The van der Waals surface area contributed by atoms with Crippen LogP contribution in [0.25, 0.3) is 0 Å². The molecule has 0 aromatic heterocycles. The van der Waals surface area contributed by atoms with Crippen molar-refractivity contribution >= 4 is 5.97 Å². The van der Waals surface area contributed by atoms with Crippen LogP contribution >= 0.6 is 0 Å². The van der Waals surface area contributed by atoms with Crippen molar-refractivity contribution in [2.24, 2.45) is 5.41 Å². The van der Waals surface area contributed by atoms with Crippen LogP contribution in [-0.4, -0.2) is 17.7 Å². The number of rotatable bonds is 5. The topological polar surface area (TPSA) is 46.5 Å². The number of hydrogen-bond donors (Lipinski definition) is 1. The van der Waals surface area contributed by atoms with E-state index in [1.165, 1.54) is 6.61 Å². The highest BCUT2D eigenvalue weighted by atomic mass is 16.5. The lowest BCUT2D eigenvalue weighted by Crippen LogP contribution is -2.45. The van der Waals surface area contributed by atoms with Gasteiger partial charge in [0.15, 0.2) is 0 Å². The van der Waals surface area contributed by atoms with E-state index in [-0.39, 0.29) is 0 Å². The summed E-state index contributed by atoms with van der Waals surface area (Å²) in [6.07, 6.45) is 3.91. The standard InChI is InChI=1S/C9H15O3/c1-2-3-4-5-9(8(10)11)6-12-7-9/h6H,2-5,7H2,1H3,(H,10,11). The summed E-state index contributed by atoms with van der Waals surface area (Å²) in [7, 11) is 0. The van der Waals surface area contributed by atoms with Crippen molar-refractivity contribution in [3.05, 3.63) is 6.61 Å². The summed E-state index contributed by atoms with van der Waals surface area (Å²) in [5.74, 6) is -0.746. The molecule has 3 nitrogen and oxygen atoms in total. The summed E-state index contributed by atoms with van der Waals surface area (Å²) in [6.45, 7) is 3.92. The Kier molecular flexibility index (Phi) is 3.09. The van der Waals surface area contributed by atoms with Gasteiger partial charge in [0, 0.05) is 0 Å². The van der Waals surface area contributed by atoms with Gasteiger partial charge in [-0.05, 0) is 6.42 Å². The molecule has 12 heavy (non-hydrogen) atoms. The fraction of sp³-hybridized carbons (Fsp3) is 0.778. The molecule has 0 saturated carbocycles. The number of carboxylic acid groups (broad SMARTS) is 1. The first-order valence-electron chi connectivity index (χ1n) is 4.40. The Balaban J connectivity index is 2.30. The fourth-order valence-corrected chi connectivity index (χ4v) is 1.33. The molecule has 0 aromatic carbocycles. The highest BCUT2D eigenvalue weighted by Gasteiger charge is 2.46. The van der Waals surface area contributed by atoms with Crippen LogP contribution in [0, 0.1) is 12.0 Å². The SMILES string of the molecule is CCCCCC1(C(=O)O)[CH]OC1. The monoisotopic (exact) mass is 171 g/mol. The molecule has 1 saturated heterocycles. The lowest BCUT2D eigenvalue weighted by molar-refractivity contribution is -0.166. The van der Waals surface area contributed by atoms with E-state index in [2.05, 4.69) is 6.92 Å². The van der Waals surface area contributed by atoms with Crippen LogP contribution in [0.15, 0.2) is 0 Å². The number of carboxylic acids is 1. The zero-order valence-corrected chi connectivity index (χ0v) is 7.38. The van der Waals surface area contributed by atoms with Crippen LogP contribution in [0.5, 0.6) is 0 Å². The van der Waals surface area contributed by atoms with E-state index in [4.69, 9.17) is 9.84 Å². The number of hydrogen-bond acceptors (Lipinski definition) is 2. The van der Waals surface area contributed by atoms with Crippen molar-refractivity contribution in [2.45, 2.75) is 32.6 Å². The van der Waals surface area contributed by atoms with E-state index < -0.39 is 11.4 Å². The molecule has 1 atom stereocenters. The van der Waals surface area contributed by atoms with Crippen molar-refractivity contribution in [3.8, 4) is 0 Å². The predicted molar refractivity (Wildman–Crippen MR) is 44.5 cm³/mol. The van der Waals surface area contributed by atoms with Gasteiger partial charge in [-0.1, -0.05) is 26.2 Å². The maximum Gasteiger partial charge on any atom is 0.314 e. The normalized spacial score (nSPS) is 20.1. The van der Waals surface area contributed by atoms with Crippen molar-refractivity contribution < 1.29 is 14.6 Å². The van der Waals surface area contributed by atoms with Crippen molar-refractivity contribution in [1.82, 2.24) is 0 Å². The average molecular weight is 171 g/mol. The van der Waals surface area contributed by atoms with E-state index in [9.17, 15) is 4.79 Å². The second kappa shape index (κ2) is 3.90. The van der Waals surface area contributed by atoms with Gasteiger partial charge >= 0.3 is 5.97 Å². The molecule has 0 amide bonds. The smallest absolute Gasteiger partial charge is 0.314 e. The summed E-state index contributed by atoms with van der Waals surface area (Å²) in [5.41, 5.74) is -0.658. The molecule has 1 aliphatic heterocycles. The fourth-order valence-electron chi connectivity index (χ4n) is 1.33. The molecule has 1 unspecified atom stereocenters. The summed E-state index contributed by atoms with van der Waals surface area (Å²) in [6, 6.07) is 0. The van der Waals surface area contributed by atoms with Crippen LogP contribution in [0.1, 0.15) is 32.6 Å². The number of ether oxygens (including phenoxy) is 1. The molecule has 1 N–H and O–H groups in total. The van der Waals surface area contributed by atoms with Crippen molar-refractivity contribution in [2.75, 3.05) is 6.61 Å². The number of aliphatic carboxylic acids is 1. The summed E-state index contributed by atoms with van der Waals surface area (Å²) >= 11 is 0. The first-order valence-corrected chi connectivity index (χ1v) is 4.40. The van der Waals surface area contributed by atoms with Crippen molar-refractivity contribution in [1.29, 1.82) is 0 Å². The Hall–Kier alpha value is -0.570. The van der Waals surface area contributed by atoms with Crippen LogP contribution in [0.2, 0.25) is 0 Å². The maximum absolute atomic E-state index is 10.8. The Bertz CT molecular complexity index is 161. The molecule has 1 radical (unpaired) electrons. The van der Waals surface area contributed by atoms with Crippen molar-refractivity contribution in [3.63, 3.8) is 0 Å². The Morgan fingerprint density at radius 1 is 1.67 bits per heavy atom. The lowest BCUT2D eigenvalue weighted by atomic mass is 9.81. The van der Waals surface area contributed by atoms with Gasteiger partial charge in [0.25, 0.3) is 0 Å². The molecule has 3 heteroatoms. The molecule has 0 spiro atoms. The summed E-state index contributed by atoms with van der Waals surface area (Å²) in [4.78, 5) is 10.8. The quantitative estimate of drug-likeness (QED) is 0.642. The van der Waals surface area contributed by atoms with Gasteiger partial charge in [0.2, 0.25) is 0 Å². The maximum atomic E-state index is 10.8. The lowest BCUT2D eigenvalue weighted by Gasteiger charge is -2.36. The minimum Gasteiger partial charge on any atom is -0.481 e. The van der Waals surface area contributed by atoms with Crippen LogP contribution in [-0.2, 0) is 9.53 Å². The minimum atomic E-state index is -0.746. The van der Waals surface area contributed by atoms with E-state index in [1.807, 2.05) is 0 Å². The van der Waals surface area contributed by atoms with E-state index >= 15 is 0 Å². The summed E-state index contributed by atoms with van der Waals surface area (Å²) < 4.78 is 4.82. The largest absolute Gasteiger partial charge is 0.481 e. The molecule has 1 fully saturated rings. The average Bonchev–Trinajstić information content (AvgIpc) is 1.94. The molecular formula is C9H15O3. The molecular weight excluding hydrogens is 156 g/mol. The zero-order chi connectivity index (χ0) is 9.03. The third-order valence-corrected chi connectivity index (χ3v) is 2.30. The van der Waals surface area contributed by atoms with E-state index in [0.717, 1.165) is 25.7 Å². The Morgan fingerprint density at radius 2 is 2.33 bits per heavy atom. The third kappa shape index (κ3) is 1.78. The molecule has 0 bridgehead atoms. The Morgan fingerprint density at radius 3 is 2.67 bits per heavy atom. The Labute approximate surface area is 72.7 Å². The van der Waals surface area contributed by atoms with Gasteiger partial charge in [0.1, 0.15) is 12.0 Å². The van der Waals surface area contributed by atoms with Crippen LogP contribution < -0.4 is 0 Å². The van der Waals surface area contributed by atoms with Gasteiger partial charge in [-0.25, -0.2) is 0 Å². The van der Waals surface area contributed by atoms with Gasteiger partial charge in [-0.2, -0.15) is 0 Å². The minimum absolute atomic E-state index is 0.353. The molecule has 0 aliphatic carbocycles. The molecule has 0 aromatic rings. The van der Waals surface area contributed by atoms with Gasteiger partial charge < -0.3 is 9.84 Å². The first kappa shape index (κ1) is 9.52. The summed E-state index contributed by atoms with van der Waals surface area (Å²) in [5, 5.41) is 8.87. The molecule has 1 aliphatic rings.